The summed E-state index contributed by atoms with van der Waals surface area (Å²) in [6.45, 7) is 12.0. The van der Waals surface area contributed by atoms with Crippen molar-refractivity contribution in [1.29, 1.82) is 0 Å². The largest absolute Gasteiger partial charge is 0.314 e. The molecule has 1 rings (SSSR count). The van der Waals surface area contributed by atoms with Gasteiger partial charge in [-0.3, -0.25) is 0 Å². The Labute approximate surface area is 93.9 Å². The van der Waals surface area contributed by atoms with Crippen LogP contribution in [0.4, 0.5) is 0 Å². The molecule has 0 bridgehead atoms. The van der Waals surface area contributed by atoms with Gasteiger partial charge < -0.3 is 5.32 Å². The second-order valence-electron chi connectivity index (χ2n) is 4.74. The molecule has 0 unspecified atom stereocenters. The van der Waals surface area contributed by atoms with Crippen LogP contribution in [0.15, 0.2) is 12.1 Å². The molecular weight excluding hydrogens is 182 g/mol. The van der Waals surface area contributed by atoms with Gasteiger partial charge in [0.05, 0.1) is 0 Å². The van der Waals surface area contributed by atoms with Crippen molar-refractivity contribution in [2.45, 2.75) is 47.1 Å². The summed E-state index contributed by atoms with van der Waals surface area (Å²) in [5.74, 6) is 0. The molecule has 1 aromatic carbocycles. The van der Waals surface area contributed by atoms with Crippen molar-refractivity contribution in [2.75, 3.05) is 6.54 Å². The van der Waals surface area contributed by atoms with Gasteiger partial charge in [0.15, 0.2) is 0 Å². The van der Waals surface area contributed by atoms with Crippen LogP contribution < -0.4 is 5.32 Å². The molecule has 1 nitrogen and oxygen atoms in total. The van der Waals surface area contributed by atoms with E-state index in [1.807, 2.05) is 0 Å². The van der Waals surface area contributed by atoms with Crippen LogP contribution in [0, 0.1) is 20.8 Å². The summed E-state index contributed by atoms with van der Waals surface area (Å²) in [4.78, 5) is 0. The molecule has 1 N–H and O–H groups in total. The average molecular weight is 205 g/mol. The maximum atomic E-state index is 3.46. The normalized spacial score (nSPS) is 11.1. The Morgan fingerprint density at radius 2 is 1.60 bits per heavy atom. The van der Waals surface area contributed by atoms with Gasteiger partial charge in [-0.1, -0.05) is 31.5 Å². The summed E-state index contributed by atoms with van der Waals surface area (Å²) in [7, 11) is 0. The molecule has 0 aliphatic carbocycles. The number of hydrogen-bond acceptors (Lipinski definition) is 1. The average Bonchev–Trinajstić information content (AvgIpc) is 2.08. The molecule has 1 aromatic rings. The van der Waals surface area contributed by atoms with E-state index >= 15 is 0 Å². The number of hydrogen-bond donors (Lipinski definition) is 1. The van der Waals surface area contributed by atoms with Crippen LogP contribution in [0.5, 0.6) is 0 Å². The van der Waals surface area contributed by atoms with Crippen molar-refractivity contribution < 1.29 is 0 Å². The number of aryl methyl sites for hydroxylation is 3. The molecule has 0 radical (unpaired) electrons. The quantitative estimate of drug-likeness (QED) is 0.796. The Kier molecular flexibility index (Phi) is 4.34. The van der Waals surface area contributed by atoms with Gasteiger partial charge in [0.2, 0.25) is 0 Å². The highest BCUT2D eigenvalue weighted by atomic mass is 14.9. The number of benzene rings is 1. The minimum absolute atomic E-state index is 0.580. The van der Waals surface area contributed by atoms with Crippen LogP contribution in [0.25, 0.3) is 0 Å². The van der Waals surface area contributed by atoms with E-state index in [2.05, 4.69) is 52.1 Å². The number of rotatable bonds is 4. The minimum Gasteiger partial charge on any atom is -0.314 e. The van der Waals surface area contributed by atoms with Crippen LogP contribution in [-0.2, 0) is 6.42 Å². The summed E-state index contributed by atoms with van der Waals surface area (Å²) in [5.41, 5.74) is 5.73. The molecule has 0 saturated carbocycles. The van der Waals surface area contributed by atoms with Gasteiger partial charge in [0, 0.05) is 6.04 Å². The first-order valence-corrected chi connectivity index (χ1v) is 5.81. The van der Waals surface area contributed by atoms with Gasteiger partial charge in [-0.25, -0.2) is 0 Å². The van der Waals surface area contributed by atoms with E-state index in [9.17, 15) is 0 Å². The molecule has 0 atom stereocenters. The Bertz CT molecular complexity index is 303. The number of nitrogens with one attached hydrogen (secondary N) is 1. The molecule has 0 aromatic heterocycles. The Hall–Kier alpha value is -0.820. The smallest absolute Gasteiger partial charge is 0.00105 e. The third-order valence-corrected chi connectivity index (χ3v) is 2.77. The van der Waals surface area contributed by atoms with E-state index in [0.29, 0.717) is 6.04 Å². The first-order valence-electron chi connectivity index (χ1n) is 5.81. The molecule has 84 valence electrons. The summed E-state index contributed by atoms with van der Waals surface area (Å²) < 4.78 is 0. The molecule has 0 amide bonds. The molecule has 0 aliphatic heterocycles. The Morgan fingerprint density at radius 3 is 2.07 bits per heavy atom. The maximum absolute atomic E-state index is 3.46. The lowest BCUT2D eigenvalue weighted by molar-refractivity contribution is 0.589. The van der Waals surface area contributed by atoms with E-state index < -0.39 is 0 Å². The lowest BCUT2D eigenvalue weighted by Crippen LogP contribution is -2.25. The predicted octanol–water partition coefficient (Wildman–Crippen LogP) is 3.15. The van der Waals surface area contributed by atoms with Crippen LogP contribution in [0.1, 0.15) is 36.1 Å². The predicted molar refractivity (Wildman–Crippen MR) is 67.5 cm³/mol. The fraction of sp³-hybridized carbons (Fsp3) is 0.571. The second kappa shape index (κ2) is 5.32. The summed E-state index contributed by atoms with van der Waals surface area (Å²) >= 11 is 0. The third kappa shape index (κ3) is 3.67. The van der Waals surface area contributed by atoms with Crippen LogP contribution >= 0.6 is 0 Å². The Morgan fingerprint density at radius 1 is 1.07 bits per heavy atom. The molecule has 0 saturated heterocycles. The van der Waals surface area contributed by atoms with E-state index in [-0.39, 0.29) is 0 Å². The molecular formula is C14H23N. The summed E-state index contributed by atoms with van der Waals surface area (Å²) in [6.07, 6.45) is 1.14. The summed E-state index contributed by atoms with van der Waals surface area (Å²) in [6, 6.07) is 5.13. The monoisotopic (exact) mass is 205 g/mol. The van der Waals surface area contributed by atoms with Gasteiger partial charge in [-0.15, -0.1) is 0 Å². The lowest BCUT2D eigenvalue weighted by atomic mass is 9.97. The lowest BCUT2D eigenvalue weighted by Gasteiger charge is -2.13. The van der Waals surface area contributed by atoms with Gasteiger partial charge in [0.1, 0.15) is 0 Å². The van der Waals surface area contributed by atoms with Crippen molar-refractivity contribution >= 4 is 0 Å². The van der Waals surface area contributed by atoms with Gasteiger partial charge in [0.25, 0.3) is 0 Å². The molecule has 0 fully saturated rings. The minimum atomic E-state index is 0.580. The summed E-state index contributed by atoms with van der Waals surface area (Å²) in [5, 5.41) is 3.46. The van der Waals surface area contributed by atoms with Gasteiger partial charge in [-0.05, 0) is 50.4 Å². The zero-order chi connectivity index (χ0) is 11.4. The zero-order valence-electron chi connectivity index (χ0n) is 10.6. The van der Waals surface area contributed by atoms with Crippen molar-refractivity contribution in [3.8, 4) is 0 Å². The molecule has 15 heavy (non-hydrogen) atoms. The van der Waals surface area contributed by atoms with E-state index in [1.165, 1.54) is 22.3 Å². The Balaban J connectivity index is 2.68. The highest BCUT2D eigenvalue weighted by molar-refractivity contribution is 5.37. The van der Waals surface area contributed by atoms with Crippen LogP contribution in [-0.4, -0.2) is 12.6 Å². The van der Waals surface area contributed by atoms with E-state index in [1.54, 1.807) is 0 Å². The van der Waals surface area contributed by atoms with E-state index in [0.717, 1.165) is 13.0 Å². The molecule has 0 heterocycles. The molecule has 0 spiro atoms. The SMILES string of the molecule is Cc1cc(C)c(CCNC(C)C)c(C)c1. The fourth-order valence-corrected chi connectivity index (χ4v) is 2.09. The first-order chi connectivity index (χ1) is 7.00. The fourth-order valence-electron chi connectivity index (χ4n) is 2.09. The first kappa shape index (κ1) is 12.3. The van der Waals surface area contributed by atoms with Crippen molar-refractivity contribution in [3.63, 3.8) is 0 Å². The third-order valence-electron chi connectivity index (χ3n) is 2.77. The highest BCUT2D eigenvalue weighted by Gasteiger charge is 2.03. The van der Waals surface area contributed by atoms with Crippen LogP contribution in [0.2, 0.25) is 0 Å². The topological polar surface area (TPSA) is 12.0 Å². The molecule has 0 aliphatic rings. The zero-order valence-corrected chi connectivity index (χ0v) is 10.6. The second-order valence-corrected chi connectivity index (χ2v) is 4.74. The van der Waals surface area contributed by atoms with Crippen molar-refractivity contribution in [3.05, 3.63) is 34.4 Å². The van der Waals surface area contributed by atoms with Gasteiger partial charge in [-0.2, -0.15) is 0 Å². The van der Waals surface area contributed by atoms with Crippen molar-refractivity contribution in [2.24, 2.45) is 0 Å². The van der Waals surface area contributed by atoms with Gasteiger partial charge >= 0.3 is 0 Å². The maximum Gasteiger partial charge on any atom is 0.00105 e. The highest BCUT2D eigenvalue weighted by Crippen LogP contribution is 2.16. The van der Waals surface area contributed by atoms with E-state index in [4.69, 9.17) is 0 Å². The molecule has 1 heteroatoms. The standard InChI is InChI=1S/C14H23N/c1-10(2)15-7-6-14-12(4)8-11(3)9-13(14)5/h8-10,15H,6-7H2,1-5H3. The van der Waals surface area contributed by atoms with Crippen molar-refractivity contribution in [1.82, 2.24) is 5.32 Å². The van der Waals surface area contributed by atoms with Crippen LogP contribution in [0.3, 0.4) is 0 Å².